The molecule has 0 radical (unpaired) electrons. The van der Waals surface area contributed by atoms with Gasteiger partial charge in [0.2, 0.25) is 0 Å². The zero-order valence-electron chi connectivity index (χ0n) is 18.0. The predicted molar refractivity (Wildman–Crippen MR) is 120 cm³/mol. The van der Waals surface area contributed by atoms with Gasteiger partial charge >= 0.3 is 0 Å². The zero-order chi connectivity index (χ0) is 20.5. The van der Waals surface area contributed by atoms with E-state index >= 15 is 0 Å². The maximum Gasteiger partial charge on any atom is 0.146 e. The minimum absolute atomic E-state index is 0.234. The third kappa shape index (κ3) is 4.21. The number of aliphatic hydroxyl groups excluding tert-OH is 1. The van der Waals surface area contributed by atoms with Gasteiger partial charge in [-0.1, -0.05) is 6.92 Å². The van der Waals surface area contributed by atoms with Crippen molar-refractivity contribution in [2.75, 3.05) is 70.5 Å². The smallest absolute Gasteiger partial charge is 0.146 e. The quantitative estimate of drug-likeness (QED) is 0.774. The zero-order valence-corrected chi connectivity index (χ0v) is 18.8. The molecule has 2 saturated heterocycles. The highest BCUT2D eigenvalue weighted by atomic mass is 32.1. The molecule has 5 rings (SSSR count). The van der Waals surface area contributed by atoms with Gasteiger partial charge in [0, 0.05) is 50.7 Å². The van der Waals surface area contributed by atoms with Crippen LogP contribution in [0.4, 0.5) is 5.82 Å². The summed E-state index contributed by atoms with van der Waals surface area (Å²) in [6.07, 6.45) is 3.59. The number of aryl methyl sites for hydroxylation is 1. The number of thiophene rings is 1. The van der Waals surface area contributed by atoms with Crippen molar-refractivity contribution in [3.05, 3.63) is 16.3 Å². The van der Waals surface area contributed by atoms with Gasteiger partial charge < -0.3 is 14.7 Å². The van der Waals surface area contributed by atoms with Gasteiger partial charge in [-0.15, -0.1) is 11.3 Å². The molecule has 0 unspecified atom stereocenters. The second-order valence-electron chi connectivity index (χ2n) is 8.94. The van der Waals surface area contributed by atoms with Crippen LogP contribution in [0.5, 0.6) is 0 Å². The molecule has 1 atom stereocenters. The molecule has 164 valence electrons. The molecule has 0 spiro atoms. The molecule has 2 fully saturated rings. The lowest BCUT2D eigenvalue weighted by molar-refractivity contribution is 0.0331. The first-order valence-electron chi connectivity index (χ1n) is 11.4. The van der Waals surface area contributed by atoms with E-state index in [0.717, 1.165) is 89.6 Å². The van der Waals surface area contributed by atoms with Gasteiger partial charge in [-0.2, -0.15) is 0 Å². The Hall–Kier alpha value is -1.32. The number of β-amino-alcohol motifs (C(OH)–C–C–N with tert-alkyl or cyclic N) is 1. The summed E-state index contributed by atoms with van der Waals surface area (Å²) >= 11 is 1.90. The molecular weight excluding hydrogens is 398 g/mol. The molecule has 7 nitrogen and oxygen atoms in total. The van der Waals surface area contributed by atoms with E-state index in [1.165, 1.54) is 33.5 Å². The molecule has 1 N–H and O–H groups in total. The molecule has 0 amide bonds. The SMILES string of the molecule is C[C@@H]1CCc2c(sc3nc(CN4CCOCC4)nc(N4CCN(CCO)CC4)c23)C1. The second kappa shape index (κ2) is 9.04. The highest BCUT2D eigenvalue weighted by molar-refractivity contribution is 7.19. The number of aliphatic hydroxyl groups is 1. The van der Waals surface area contributed by atoms with Crippen molar-refractivity contribution < 1.29 is 9.84 Å². The van der Waals surface area contributed by atoms with Crippen LogP contribution in [-0.2, 0) is 24.1 Å². The molecule has 30 heavy (non-hydrogen) atoms. The Morgan fingerprint density at radius 1 is 1.07 bits per heavy atom. The maximum absolute atomic E-state index is 9.27. The van der Waals surface area contributed by atoms with Crippen LogP contribution >= 0.6 is 11.3 Å². The van der Waals surface area contributed by atoms with Crippen LogP contribution in [-0.4, -0.2) is 90.5 Å². The monoisotopic (exact) mass is 431 g/mol. The number of ether oxygens (including phenoxy) is 1. The van der Waals surface area contributed by atoms with E-state index in [2.05, 4.69) is 21.6 Å². The molecule has 0 saturated carbocycles. The van der Waals surface area contributed by atoms with Crippen molar-refractivity contribution in [2.45, 2.75) is 32.7 Å². The predicted octanol–water partition coefficient (Wildman–Crippen LogP) is 1.76. The molecule has 2 aromatic heterocycles. The molecule has 4 heterocycles. The summed E-state index contributed by atoms with van der Waals surface area (Å²) in [7, 11) is 0. The number of hydrogen-bond acceptors (Lipinski definition) is 8. The van der Waals surface area contributed by atoms with E-state index in [-0.39, 0.29) is 6.61 Å². The Kier molecular flexibility index (Phi) is 6.20. The van der Waals surface area contributed by atoms with Crippen molar-refractivity contribution in [3.8, 4) is 0 Å². The van der Waals surface area contributed by atoms with Crippen molar-refractivity contribution in [3.63, 3.8) is 0 Å². The van der Waals surface area contributed by atoms with Gasteiger partial charge in [0.25, 0.3) is 0 Å². The molecular formula is C22H33N5O2S. The standard InChI is InChI=1S/C22H33N5O2S/c1-16-2-3-17-18(14-16)30-22-20(17)21(27-6-4-25(5-7-27)8-11-28)23-19(24-22)15-26-9-12-29-13-10-26/h16,28H,2-15H2,1H3/t16-/m1/s1. The molecule has 8 heteroatoms. The lowest BCUT2D eigenvalue weighted by Crippen LogP contribution is -2.47. The van der Waals surface area contributed by atoms with Gasteiger partial charge in [0.1, 0.15) is 16.5 Å². The van der Waals surface area contributed by atoms with Gasteiger partial charge in [-0.3, -0.25) is 9.80 Å². The fourth-order valence-electron chi connectivity index (χ4n) is 4.95. The van der Waals surface area contributed by atoms with Gasteiger partial charge in [-0.05, 0) is 30.7 Å². The topological polar surface area (TPSA) is 65.0 Å². The fraction of sp³-hybridized carbons (Fsp3) is 0.727. The number of nitrogens with zero attached hydrogens (tertiary/aromatic N) is 5. The Morgan fingerprint density at radius 3 is 2.63 bits per heavy atom. The first-order chi connectivity index (χ1) is 14.7. The Balaban J connectivity index is 1.49. The molecule has 0 aromatic carbocycles. The fourth-order valence-corrected chi connectivity index (χ4v) is 6.35. The van der Waals surface area contributed by atoms with Crippen LogP contribution < -0.4 is 4.90 Å². The second-order valence-corrected chi connectivity index (χ2v) is 10.0. The van der Waals surface area contributed by atoms with Gasteiger partial charge in [-0.25, -0.2) is 9.97 Å². The van der Waals surface area contributed by atoms with Crippen molar-refractivity contribution in [1.82, 2.24) is 19.8 Å². The minimum atomic E-state index is 0.234. The third-order valence-corrected chi connectivity index (χ3v) is 7.89. The summed E-state index contributed by atoms with van der Waals surface area (Å²) in [5.74, 6) is 2.86. The molecule has 1 aliphatic carbocycles. The van der Waals surface area contributed by atoms with Crippen molar-refractivity contribution in [2.24, 2.45) is 5.92 Å². The molecule has 3 aliphatic rings. The van der Waals surface area contributed by atoms with E-state index in [1.807, 2.05) is 11.3 Å². The van der Waals surface area contributed by atoms with Crippen LogP contribution in [0, 0.1) is 5.92 Å². The minimum Gasteiger partial charge on any atom is -0.395 e. The number of hydrogen-bond donors (Lipinski definition) is 1. The summed E-state index contributed by atoms with van der Waals surface area (Å²) in [6, 6.07) is 0. The Morgan fingerprint density at radius 2 is 1.87 bits per heavy atom. The molecule has 2 aromatic rings. The lowest BCUT2D eigenvalue weighted by Gasteiger charge is -2.35. The number of anilines is 1. The van der Waals surface area contributed by atoms with Crippen LogP contribution in [0.15, 0.2) is 0 Å². The van der Waals surface area contributed by atoms with E-state index in [9.17, 15) is 5.11 Å². The average Bonchev–Trinajstić information content (AvgIpc) is 3.12. The van der Waals surface area contributed by atoms with Gasteiger partial charge in [0.15, 0.2) is 0 Å². The number of rotatable bonds is 5. The first-order valence-corrected chi connectivity index (χ1v) is 12.2. The summed E-state index contributed by atoms with van der Waals surface area (Å²) in [4.78, 5) is 20.1. The van der Waals surface area contributed by atoms with Crippen molar-refractivity contribution in [1.29, 1.82) is 0 Å². The van der Waals surface area contributed by atoms with Crippen LogP contribution in [0.3, 0.4) is 0 Å². The third-order valence-electron chi connectivity index (χ3n) is 6.74. The summed E-state index contributed by atoms with van der Waals surface area (Å²) in [5.41, 5.74) is 1.51. The van der Waals surface area contributed by atoms with Crippen LogP contribution in [0.2, 0.25) is 0 Å². The van der Waals surface area contributed by atoms with Crippen molar-refractivity contribution >= 4 is 27.4 Å². The first kappa shape index (κ1) is 20.6. The molecule has 2 aliphatic heterocycles. The molecule has 0 bridgehead atoms. The van der Waals surface area contributed by atoms with E-state index in [4.69, 9.17) is 14.7 Å². The van der Waals surface area contributed by atoms with Crippen LogP contribution in [0.25, 0.3) is 10.2 Å². The number of morpholine rings is 1. The van der Waals surface area contributed by atoms with Crippen LogP contribution in [0.1, 0.15) is 29.6 Å². The summed E-state index contributed by atoms with van der Waals surface area (Å²) < 4.78 is 5.51. The van der Waals surface area contributed by atoms with E-state index in [0.29, 0.717) is 0 Å². The summed E-state index contributed by atoms with van der Waals surface area (Å²) in [5, 5.41) is 10.6. The number of aromatic nitrogens is 2. The lowest BCUT2D eigenvalue weighted by atomic mass is 9.89. The maximum atomic E-state index is 9.27. The summed E-state index contributed by atoms with van der Waals surface area (Å²) in [6.45, 7) is 11.6. The number of fused-ring (bicyclic) bond motifs is 3. The average molecular weight is 432 g/mol. The Bertz CT molecular complexity index is 874. The van der Waals surface area contributed by atoms with E-state index in [1.54, 1.807) is 0 Å². The van der Waals surface area contributed by atoms with Gasteiger partial charge in [0.05, 0.1) is 31.8 Å². The van der Waals surface area contributed by atoms with E-state index < -0.39 is 0 Å². The normalized spacial score (nSPS) is 23.8. The number of piperazine rings is 1. The highest BCUT2D eigenvalue weighted by Gasteiger charge is 2.28. The largest absolute Gasteiger partial charge is 0.395 e. The highest BCUT2D eigenvalue weighted by Crippen LogP contribution is 2.41. The Labute approximate surface area is 182 Å².